The van der Waals surface area contributed by atoms with Gasteiger partial charge in [-0.3, -0.25) is 4.40 Å². The minimum atomic E-state index is 0.0327. The molecule has 0 radical (unpaired) electrons. The van der Waals surface area contributed by atoms with Gasteiger partial charge in [0, 0.05) is 17.3 Å². The van der Waals surface area contributed by atoms with E-state index in [1.165, 1.54) is 0 Å². The second-order valence-electron chi connectivity index (χ2n) is 6.44. The number of halogens is 1. The maximum atomic E-state index is 10.9. The topological polar surface area (TPSA) is 89.3 Å². The molecule has 0 bridgehead atoms. The summed E-state index contributed by atoms with van der Waals surface area (Å²) in [5.41, 5.74) is 3.77. The number of nitrogens with zero attached hydrogens (tertiary/aromatic N) is 5. The van der Waals surface area contributed by atoms with Gasteiger partial charge in [-0.2, -0.15) is 5.10 Å². The molecule has 142 valence electrons. The molecule has 8 heteroatoms. The van der Waals surface area contributed by atoms with Crippen molar-refractivity contribution in [3.05, 3.63) is 83.8 Å². The zero-order chi connectivity index (χ0) is 19.8. The zero-order valence-corrected chi connectivity index (χ0v) is 15.8. The van der Waals surface area contributed by atoms with Crippen LogP contribution in [0.25, 0.3) is 28.2 Å². The van der Waals surface area contributed by atoms with E-state index in [0.717, 1.165) is 5.56 Å². The van der Waals surface area contributed by atoms with Gasteiger partial charge in [0.25, 0.3) is 0 Å². The molecular weight excluding hydrogens is 390 g/mol. The average Bonchev–Trinajstić information content (AvgIpc) is 3.37. The molecule has 0 aliphatic carbocycles. The Labute approximate surface area is 170 Å². The number of imidazole rings is 1. The van der Waals surface area contributed by atoms with Crippen LogP contribution in [-0.4, -0.2) is 29.7 Å². The van der Waals surface area contributed by atoms with E-state index < -0.39 is 0 Å². The maximum absolute atomic E-state index is 10.9. The van der Waals surface area contributed by atoms with E-state index in [0.29, 0.717) is 40.5 Å². The minimum absolute atomic E-state index is 0.0327. The highest BCUT2D eigenvalue weighted by molar-refractivity contribution is 6.29. The molecule has 0 unspecified atom stereocenters. The molecule has 0 saturated heterocycles. The van der Waals surface area contributed by atoms with E-state index in [-0.39, 0.29) is 11.0 Å². The van der Waals surface area contributed by atoms with Gasteiger partial charge < -0.3 is 9.52 Å². The molecule has 29 heavy (non-hydrogen) atoms. The molecule has 0 atom stereocenters. The van der Waals surface area contributed by atoms with E-state index in [1.807, 2.05) is 36.4 Å². The highest BCUT2D eigenvalue weighted by Crippen LogP contribution is 2.31. The van der Waals surface area contributed by atoms with Crippen molar-refractivity contribution in [2.45, 2.75) is 6.42 Å². The Morgan fingerprint density at radius 2 is 1.90 bits per heavy atom. The third-order valence-electron chi connectivity index (χ3n) is 4.54. The number of furan rings is 1. The second kappa shape index (κ2) is 7.03. The number of benzene rings is 1. The molecule has 0 spiro atoms. The molecule has 0 fully saturated rings. The average molecular weight is 404 g/mol. The van der Waals surface area contributed by atoms with E-state index >= 15 is 0 Å². The summed E-state index contributed by atoms with van der Waals surface area (Å²) in [5, 5.41) is 18.8. The molecule has 5 rings (SSSR count). The van der Waals surface area contributed by atoms with Crippen molar-refractivity contribution in [1.82, 2.24) is 24.6 Å². The summed E-state index contributed by atoms with van der Waals surface area (Å²) in [6, 6.07) is 15.0. The lowest BCUT2D eigenvalue weighted by Crippen LogP contribution is -1.97. The van der Waals surface area contributed by atoms with Crippen LogP contribution in [0.3, 0.4) is 0 Å². The number of hydrogen-bond donors (Lipinski definition) is 1. The number of rotatable bonds is 4. The van der Waals surface area contributed by atoms with Gasteiger partial charge in [0.05, 0.1) is 24.6 Å². The third-order valence-corrected chi connectivity index (χ3v) is 4.72. The van der Waals surface area contributed by atoms with Crippen LogP contribution in [0.2, 0.25) is 5.15 Å². The van der Waals surface area contributed by atoms with Gasteiger partial charge >= 0.3 is 0 Å². The summed E-state index contributed by atoms with van der Waals surface area (Å²) in [4.78, 5) is 9.42. The molecule has 1 aromatic carbocycles. The fourth-order valence-electron chi connectivity index (χ4n) is 3.19. The van der Waals surface area contributed by atoms with Crippen LogP contribution in [0, 0.1) is 0 Å². The molecule has 4 aromatic heterocycles. The Hall–Kier alpha value is -3.71. The quantitative estimate of drug-likeness (QED) is 0.478. The maximum Gasteiger partial charge on any atom is 0.219 e. The fourth-order valence-corrected chi connectivity index (χ4v) is 3.35. The predicted octanol–water partition coefficient (Wildman–Crippen LogP) is 4.40. The van der Waals surface area contributed by atoms with E-state index in [1.54, 1.807) is 35.2 Å². The van der Waals surface area contributed by atoms with Crippen molar-refractivity contribution in [3.63, 3.8) is 0 Å². The van der Waals surface area contributed by atoms with Gasteiger partial charge in [-0.05, 0) is 18.2 Å². The van der Waals surface area contributed by atoms with Crippen molar-refractivity contribution in [2.75, 3.05) is 0 Å². The minimum Gasteiger partial charge on any atom is -0.493 e. The van der Waals surface area contributed by atoms with Crippen LogP contribution in [0.4, 0.5) is 0 Å². The van der Waals surface area contributed by atoms with Crippen LogP contribution < -0.4 is 0 Å². The van der Waals surface area contributed by atoms with Crippen LogP contribution in [0.1, 0.15) is 11.5 Å². The molecule has 0 aliphatic heterocycles. The first kappa shape index (κ1) is 17.4. The molecular formula is C21H14ClN5O2. The Balaban J connectivity index is 1.76. The van der Waals surface area contributed by atoms with Gasteiger partial charge in [-0.25, -0.2) is 9.97 Å². The van der Waals surface area contributed by atoms with E-state index in [4.69, 9.17) is 21.0 Å². The zero-order valence-electron chi connectivity index (χ0n) is 15.0. The van der Waals surface area contributed by atoms with E-state index in [9.17, 15) is 5.11 Å². The number of fused-ring (bicyclic) bond motifs is 1. The van der Waals surface area contributed by atoms with Crippen LogP contribution in [0.15, 0.2) is 71.6 Å². The molecule has 0 amide bonds. The normalized spacial score (nSPS) is 11.2. The smallest absolute Gasteiger partial charge is 0.219 e. The molecule has 0 aliphatic rings. The lowest BCUT2D eigenvalue weighted by Gasteiger charge is -2.08. The number of aromatic nitrogens is 5. The monoisotopic (exact) mass is 403 g/mol. The number of hydrogen-bond acceptors (Lipinski definition) is 6. The Bertz CT molecular complexity index is 1300. The van der Waals surface area contributed by atoms with Crippen molar-refractivity contribution < 1.29 is 9.52 Å². The van der Waals surface area contributed by atoms with E-state index in [2.05, 4.69) is 15.2 Å². The van der Waals surface area contributed by atoms with Crippen molar-refractivity contribution in [2.24, 2.45) is 0 Å². The summed E-state index contributed by atoms with van der Waals surface area (Å²) < 4.78 is 7.02. The standard InChI is InChI=1S/C21H14ClN5O2/c22-18-9-14(11-23-26-18)19-20-25-16(10-15-7-4-8-29-15)21(28)27(20)12-17(24-19)13-5-2-1-3-6-13/h1-9,11-12,28H,10H2. The van der Waals surface area contributed by atoms with Crippen LogP contribution in [-0.2, 0) is 6.42 Å². The third kappa shape index (κ3) is 3.21. The first-order valence-electron chi connectivity index (χ1n) is 8.86. The summed E-state index contributed by atoms with van der Waals surface area (Å²) in [6.07, 6.45) is 5.28. The fraction of sp³-hybridized carbons (Fsp3) is 0.0476. The Kier molecular flexibility index (Phi) is 4.22. The summed E-state index contributed by atoms with van der Waals surface area (Å²) in [7, 11) is 0. The largest absolute Gasteiger partial charge is 0.493 e. The SMILES string of the molecule is Oc1c(Cc2ccco2)nc2c(-c3cnnc(Cl)c3)nc(-c3ccccc3)cn12. The Morgan fingerprint density at radius 3 is 2.66 bits per heavy atom. The molecule has 0 saturated carbocycles. The predicted molar refractivity (Wildman–Crippen MR) is 108 cm³/mol. The first-order chi connectivity index (χ1) is 14.2. The lowest BCUT2D eigenvalue weighted by molar-refractivity contribution is 0.438. The lowest BCUT2D eigenvalue weighted by atomic mass is 10.1. The number of aromatic hydroxyl groups is 1. The van der Waals surface area contributed by atoms with Gasteiger partial charge in [0.15, 0.2) is 10.8 Å². The Morgan fingerprint density at radius 1 is 1.03 bits per heavy atom. The summed E-state index contributed by atoms with van der Waals surface area (Å²) in [6.45, 7) is 0. The molecule has 4 heterocycles. The summed E-state index contributed by atoms with van der Waals surface area (Å²) in [5.74, 6) is 0.737. The molecule has 1 N–H and O–H groups in total. The summed E-state index contributed by atoms with van der Waals surface area (Å²) >= 11 is 6.04. The van der Waals surface area contributed by atoms with Gasteiger partial charge in [0.1, 0.15) is 17.1 Å². The van der Waals surface area contributed by atoms with Crippen molar-refractivity contribution >= 4 is 17.2 Å². The first-order valence-corrected chi connectivity index (χ1v) is 9.24. The molecule has 5 aromatic rings. The highest BCUT2D eigenvalue weighted by atomic mass is 35.5. The van der Waals surface area contributed by atoms with Crippen molar-refractivity contribution in [1.29, 1.82) is 0 Å². The highest BCUT2D eigenvalue weighted by Gasteiger charge is 2.19. The van der Waals surface area contributed by atoms with Gasteiger partial charge in [-0.1, -0.05) is 41.9 Å². The van der Waals surface area contributed by atoms with Gasteiger partial charge in [0.2, 0.25) is 5.88 Å². The van der Waals surface area contributed by atoms with Gasteiger partial charge in [-0.15, -0.1) is 5.10 Å². The van der Waals surface area contributed by atoms with Crippen LogP contribution in [0.5, 0.6) is 5.88 Å². The van der Waals surface area contributed by atoms with Crippen LogP contribution >= 0.6 is 11.6 Å². The van der Waals surface area contributed by atoms with Crippen molar-refractivity contribution in [3.8, 4) is 28.4 Å². The molecule has 7 nitrogen and oxygen atoms in total. The second-order valence-corrected chi connectivity index (χ2v) is 6.83.